The Kier molecular flexibility index (Phi) is 6.10. The number of nitrogens with one attached hydrogen (secondary N) is 2. The van der Waals surface area contributed by atoms with Crippen molar-refractivity contribution in [3.8, 4) is 5.75 Å². The molecule has 0 saturated carbocycles. The summed E-state index contributed by atoms with van der Waals surface area (Å²) in [5.41, 5.74) is 0.423. The first-order chi connectivity index (χ1) is 9.26. The van der Waals surface area contributed by atoms with Crippen molar-refractivity contribution in [3.63, 3.8) is 0 Å². The molecule has 0 aromatic heterocycles. The Morgan fingerprint density at radius 3 is 2.45 bits per heavy atom. The highest BCUT2D eigenvalue weighted by molar-refractivity contribution is 7.93. The predicted molar refractivity (Wildman–Crippen MR) is 83.1 cm³/mol. The number of halogens is 1. The first-order valence-corrected chi connectivity index (χ1v) is 8.27. The van der Waals surface area contributed by atoms with Crippen molar-refractivity contribution in [1.29, 1.82) is 0 Å². The molecule has 0 spiro atoms. The maximum absolute atomic E-state index is 12.2. The van der Waals surface area contributed by atoms with Crippen LogP contribution >= 0.6 is 11.6 Å². The first kappa shape index (κ1) is 17.1. The lowest BCUT2D eigenvalue weighted by atomic mass is 10.3. The van der Waals surface area contributed by atoms with Crippen molar-refractivity contribution in [2.45, 2.75) is 32.1 Å². The van der Waals surface area contributed by atoms with Gasteiger partial charge in [0.2, 0.25) is 10.0 Å². The van der Waals surface area contributed by atoms with E-state index in [-0.39, 0.29) is 6.04 Å². The van der Waals surface area contributed by atoms with Crippen molar-refractivity contribution in [1.82, 2.24) is 5.32 Å². The average Bonchev–Trinajstić information content (AvgIpc) is 2.35. The highest BCUT2D eigenvalue weighted by Crippen LogP contribution is 2.27. The number of hydrogen-bond acceptors (Lipinski definition) is 4. The van der Waals surface area contributed by atoms with Crippen molar-refractivity contribution >= 4 is 27.3 Å². The van der Waals surface area contributed by atoms with E-state index < -0.39 is 15.3 Å². The lowest BCUT2D eigenvalue weighted by Crippen LogP contribution is -2.37. The fraction of sp³-hybridized carbons (Fsp3) is 0.538. The minimum Gasteiger partial charge on any atom is -0.495 e. The Morgan fingerprint density at radius 1 is 1.30 bits per heavy atom. The smallest absolute Gasteiger partial charge is 0.236 e. The van der Waals surface area contributed by atoms with Gasteiger partial charge in [-0.25, -0.2) is 8.42 Å². The summed E-state index contributed by atoms with van der Waals surface area (Å²) in [5.74, 6) is 0.504. The summed E-state index contributed by atoms with van der Waals surface area (Å²) in [6, 6.07) is 5.01. The van der Waals surface area contributed by atoms with Crippen molar-refractivity contribution in [2.75, 3.05) is 18.4 Å². The van der Waals surface area contributed by atoms with E-state index in [1.807, 2.05) is 13.8 Å². The number of benzene rings is 1. The van der Waals surface area contributed by atoms with Crippen molar-refractivity contribution < 1.29 is 13.2 Å². The molecule has 114 valence electrons. The fourth-order valence-corrected chi connectivity index (χ4v) is 2.74. The minimum atomic E-state index is -3.46. The van der Waals surface area contributed by atoms with Gasteiger partial charge in [0.1, 0.15) is 5.75 Å². The van der Waals surface area contributed by atoms with Gasteiger partial charge in [0, 0.05) is 12.6 Å². The van der Waals surface area contributed by atoms with Crippen LogP contribution in [0.3, 0.4) is 0 Å². The summed E-state index contributed by atoms with van der Waals surface area (Å²) in [6.45, 7) is 5.98. The van der Waals surface area contributed by atoms with Crippen LogP contribution in [-0.4, -0.2) is 33.4 Å². The lowest BCUT2D eigenvalue weighted by Gasteiger charge is -2.17. The molecule has 0 saturated heterocycles. The third-order valence-electron chi connectivity index (χ3n) is 2.76. The second-order valence-electron chi connectivity index (χ2n) is 4.87. The van der Waals surface area contributed by atoms with Gasteiger partial charge in [0.05, 0.1) is 23.1 Å². The summed E-state index contributed by atoms with van der Waals surface area (Å²) in [6.07, 6.45) is 0. The van der Waals surface area contributed by atoms with Crippen LogP contribution in [0.4, 0.5) is 5.69 Å². The molecule has 0 aliphatic heterocycles. The molecule has 1 atom stereocenters. The molecule has 1 aromatic rings. The van der Waals surface area contributed by atoms with E-state index >= 15 is 0 Å². The van der Waals surface area contributed by atoms with Gasteiger partial charge in [0.25, 0.3) is 0 Å². The number of methoxy groups -OCH3 is 1. The van der Waals surface area contributed by atoms with Crippen LogP contribution in [0, 0.1) is 0 Å². The topological polar surface area (TPSA) is 67.4 Å². The molecule has 1 rings (SSSR count). The molecule has 0 bridgehead atoms. The summed E-state index contributed by atoms with van der Waals surface area (Å²) in [7, 11) is -1.95. The molecule has 1 aromatic carbocycles. The zero-order valence-corrected chi connectivity index (χ0v) is 13.7. The molecule has 1 unspecified atom stereocenters. The SMILES string of the molecule is COc1ccc(NS(=O)(=O)C(C)CNC(C)C)cc1Cl. The van der Waals surface area contributed by atoms with E-state index in [0.717, 1.165) is 0 Å². The standard InChI is InChI=1S/C13H21ClN2O3S/c1-9(2)15-8-10(3)20(17,18)16-11-5-6-13(19-4)12(14)7-11/h5-7,9-10,15-16H,8H2,1-4H3. The number of hydrogen-bond donors (Lipinski definition) is 2. The summed E-state index contributed by atoms with van der Waals surface area (Å²) in [5, 5.41) is 2.91. The second-order valence-corrected chi connectivity index (χ2v) is 7.38. The Morgan fingerprint density at radius 2 is 1.95 bits per heavy atom. The number of rotatable bonds is 7. The highest BCUT2D eigenvalue weighted by atomic mass is 35.5. The van der Waals surface area contributed by atoms with E-state index in [4.69, 9.17) is 16.3 Å². The van der Waals surface area contributed by atoms with Gasteiger partial charge in [-0.2, -0.15) is 0 Å². The molecular weight excluding hydrogens is 300 g/mol. The highest BCUT2D eigenvalue weighted by Gasteiger charge is 2.21. The molecular formula is C13H21ClN2O3S. The summed E-state index contributed by atoms with van der Waals surface area (Å²) >= 11 is 5.97. The zero-order valence-electron chi connectivity index (χ0n) is 12.1. The van der Waals surface area contributed by atoms with E-state index in [9.17, 15) is 8.42 Å². The van der Waals surface area contributed by atoms with Crippen LogP contribution in [0.25, 0.3) is 0 Å². The molecule has 20 heavy (non-hydrogen) atoms. The van der Waals surface area contributed by atoms with Crippen LogP contribution in [0.5, 0.6) is 5.75 Å². The molecule has 0 heterocycles. The molecule has 0 amide bonds. The van der Waals surface area contributed by atoms with Crippen LogP contribution in [0.1, 0.15) is 20.8 Å². The Balaban J connectivity index is 2.77. The molecule has 7 heteroatoms. The van der Waals surface area contributed by atoms with Gasteiger partial charge in [-0.05, 0) is 25.1 Å². The van der Waals surface area contributed by atoms with Crippen LogP contribution in [-0.2, 0) is 10.0 Å². The van der Waals surface area contributed by atoms with E-state index in [1.54, 1.807) is 19.1 Å². The summed E-state index contributed by atoms with van der Waals surface area (Å²) < 4.78 is 31.9. The molecule has 2 N–H and O–H groups in total. The normalized spacial score (nSPS) is 13.3. The quantitative estimate of drug-likeness (QED) is 0.810. The van der Waals surface area contributed by atoms with Gasteiger partial charge in [-0.1, -0.05) is 25.4 Å². The van der Waals surface area contributed by atoms with Gasteiger partial charge < -0.3 is 10.1 Å². The third kappa shape index (κ3) is 4.85. The Bertz CT molecular complexity index is 547. The van der Waals surface area contributed by atoms with Crippen LogP contribution in [0.2, 0.25) is 5.02 Å². The zero-order chi connectivity index (χ0) is 15.3. The Labute approximate surface area is 125 Å². The molecule has 5 nitrogen and oxygen atoms in total. The fourth-order valence-electron chi connectivity index (χ4n) is 1.51. The first-order valence-electron chi connectivity index (χ1n) is 6.35. The average molecular weight is 321 g/mol. The Hall–Kier alpha value is -0.980. The number of ether oxygens (including phenoxy) is 1. The molecule has 0 fully saturated rings. The third-order valence-corrected chi connectivity index (χ3v) is 4.80. The molecule has 0 aliphatic carbocycles. The van der Waals surface area contributed by atoms with Gasteiger partial charge >= 0.3 is 0 Å². The second kappa shape index (κ2) is 7.15. The minimum absolute atomic E-state index is 0.239. The van der Waals surface area contributed by atoms with Crippen LogP contribution < -0.4 is 14.8 Å². The van der Waals surface area contributed by atoms with Gasteiger partial charge in [-0.3, -0.25) is 4.72 Å². The number of anilines is 1. The molecule has 0 aliphatic rings. The van der Waals surface area contributed by atoms with Crippen LogP contribution in [0.15, 0.2) is 18.2 Å². The van der Waals surface area contributed by atoms with Crippen molar-refractivity contribution in [3.05, 3.63) is 23.2 Å². The van der Waals surface area contributed by atoms with Crippen molar-refractivity contribution in [2.24, 2.45) is 0 Å². The van der Waals surface area contributed by atoms with Gasteiger partial charge in [-0.15, -0.1) is 0 Å². The van der Waals surface area contributed by atoms with E-state index in [2.05, 4.69) is 10.0 Å². The maximum atomic E-state index is 12.2. The van der Waals surface area contributed by atoms with E-state index in [0.29, 0.717) is 23.0 Å². The predicted octanol–water partition coefficient (Wildman–Crippen LogP) is 2.48. The van der Waals surface area contributed by atoms with E-state index in [1.165, 1.54) is 13.2 Å². The molecule has 0 radical (unpaired) electrons. The number of sulfonamides is 1. The largest absolute Gasteiger partial charge is 0.495 e. The summed E-state index contributed by atoms with van der Waals surface area (Å²) in [4.78, 5) is 0. The lowest BCUT2D eigenvalue weighted by molar-refractivity contribution is 0.415. The monoisotopic (exact) mass is 320 g/mol. The van der Waals surface area contributed by atoms with Gasteiger partial charge in [0.15, 0.2) is 0 Å². The maximum Gasteiger partial charge on any atom is 0.236 e.